The fourth-order valence-electron chi connectivity index (χ4n) is 4.15. The van der Waals surface area contributed by atoms with Crippen LogP contribution in [0.15, 0.2) is 40.9 Å². The number of hydrogen-bond acceptors (Lipinski definition) is 7. The Morgan fingerprint density at radius 2 is 1.91 bits per heavy atom. The Balaban J connectivity index is 1.76. The quantitative estimate of drug-likeness (QED) is 0.551. The zero-order valence-corrected chi connectivity index (χ0v) is 19.8. The maximum absolute atomic E-state index is 12.8. The molecule has 1 aliphatic rings. The highest BCUT2D eigenvalue weighted by Gasteiger charge is 2.26. The van der Waals surface area contributed by atoms with E-state index in [4.69, 9.17) is 9.26 Å². The lowest BCUT2D eigenvalue weighted by Gasteiger charge is -2.26. The minimum Gasteiger partial charge on any atom is -0.872 e. The Labute approximate surface area is 199 Å². The summed E-state index contributed by atoms with van der Waals surface area (Å²) in [4.78, 5) is 15.1. The second kappa shape index (κ2) is 10.3. The van der Waals surface area contributed by atoms with Gasteiger partial charge in [0.1, 0.15) is 5.75 Å². The van der Waals surface area contributed by atoms with E-state index < -0.39 is 0 Å². The number of benzene rings is 2. The summed E-state index contributed by atoms with van der Waals surface area (Å²) in [6.45, 7) is 10.2. The molecule has 180 valence electrons. The number of morpholine rings is 1. The molecule has 34 heavy (non-hydrogen) atoms. The number of phenols is 1. The van der Waals surface area contributed by atoms with Gasteiger partial charge in [-0.05, 0) is 36.1 Å². The first-order chi connectivity index (χ1) is 16.4. The van der Waals surface area contributed by atoms with Crippen LogP contribution in [0.2, 0.25) is 0 Å². The van der Waals surface area contributed by atoms with Crippen molar-refractivity contribution in [2.75, 3.05) is 32.8 Å². The minimum atomic E-state index is -0.367. The highest BCUT2D eigenvalue weighted by atomic mass is 16.5. The van der Waals surface area contributed by atoms with Gasteiger partial charge in [0.05, 0.1) is 24.3 Å². The van der Waals surface area contributed by atoms with E-state index in [9.17, 15) is 15.0 Å². The number of carbonyl (C=O) groups excluding carboxylic acids is 1. The maximum atomic E-state index is 12.8. The van der Waals surface area contributed by atoms with Crippen LogP contribution in [0.1, 0.15) is 48.3 Å². The molecule has 1 saturated heterocycles. The molecule has 1 aromatic heterocycles. The van der Waals surface area contributed by atoms with E-state index in [0.29, 0.717) is 23.2 Å². The van der Waals surface area contributed by atoms with Crippen molar-refractivity contribution in [3.8, 4) is 33.9 Å². The molecule has 1 fully saturated rings. The Bertz CT molecular complexity index is 1150. The van der Waals surface area contributed by atoms with E-state index in [1.54, 1.807) is 6.07 Å². The third-order valence-corrected chi connectivity index (χ3v) is 5.99. The Morgan fingerprint density at radius 3 is 2.56 bits per heavy atom. The zero-order valence-electron chi connectivity index (χ0n) is 19.8. The fourth-order valence-corrected chi connectivity index (χ4v) is 4.15. The predicted octanol–water partition coefficient (Wildman–Crippen LogP) is 3.49. The summed E-state index contributed by atoms with van der Waals surface area (Å²) < 4.78 is 11.0. The summed E-state index contributed by atoms with van der Waals surface area (Å²) in [7, 11) is 0. The monoisotopic (exact) mass is 464 g/mol. The van der Waals surface area contributed by atoms with Gasteiger partial charge in [0, 0.05) is 26.2 Å². The Morgan fingerprint density at radius 1 is 1.21 bits per heavy atom. The van der Waals surface area contributed by atoms with Gasteiger partial charge in [-0.15, -0.1) is 5.75 Å². The summed E-state index contributed by atoms with van der Waals surface area (Å²) >= 11 is 0. The molecule has 2 N–H and O–H groups in total. The molecule has 0 spiro atoms. The van der Waals surface area contributed by atoms with Crippen LogP contribution in [0.5, 0.6) is 11.5 Å². The lowest BCUT2D eigenvalue weighted by atomic mass is 9.94. The van der Waals surface area contributed by atoms with Crippen LogP contribution in [0, 0.1) is 0 Å². The number of amides is 1. The number of nitrogens with zero attached hydrogens (tertiary/aromatic N) is 2. The van der Waals surface area contributed by atoms with Gasteiger partial charge in [-0.1, -0.05) is 48.8 Å². The van der Waals surface area contributed by atoms with Crippen molar-refractivity contribution in [1.29, 1.82) is 0 Å². The SMILES string of the molecule is CCNC(=O)c1noc(-c2cc(C(C)C)c([O-])cc2O)c1-c1ccc(CN2CCOCC2)cc1. The first-order valence-corrected chi connectivity index (χ1v) is 11.6. The first-order valence-electron chi connectivity index (χ1n) is 11.6. The standard InChI is InChI=1S/C26H31N3O5/c1-4-27-26(32)24-23(18-7-5-17(6-8-18)15-29-9-11-33-12-10-29)25(34-28-24)20-13-19(16(2)3)21(30)14-22(20)31/h5-8,13-14,16,30-31H,4,9-12,15H2,1-3H3,(H,27,32)/p-1. The van der Waals surface area contributed by atoms with Gasteiger partial charge in [-0.25, -0.2) is 0 Å². The molecule has 8 heteroatoms. The normalized spacial score (nSPS) is 14.5. The Hall–Kier alpha value is -3.36. The second-order valence-electron chi connectivity index (χ2n) is 8.74. The summed E-state index contributed by atoms with van der Waals surface area (Å²) in [5.74, 6) is -0.608. The smallest absolute Gasteiger partial charge is 0.274 e. The largest absolute Gasteiger partial charge is 0.872 e. The molecule has 1 aliphatic heterocycles. The van der Waals surface area contributed by atoms with Crippen LogP contribution in [0.25, 0.3) is 22.5 Å². The number of ether oxygens (including phenoxy) is 1. The van der Waals surface area contributed by atoms with E-state index >= 15 is 0 Å². The van der Waals surface area contributed by atoms with Crippen molar-refractivity contribution in [2.45, 2.75) is 33.2 Å². The molecule has 2 heterocycles. The number of aromatic hydroxyl groups is 1. The van der Waals surface area contributed by atoms with Gasteiger partial charge < -0.3 is 24.8 Å². The van der Waals surface area contributed by atoms with Gasteiger partial charge in [-0.2, -0.15) is 0 Å². The minimum absolute atomic E-state index is 0.0412. The molecular weight excluding hydrogens is 434 g/mol. The molecule has 0 saturated carbocycles. The van der Waals surface area contributed by atoms with Crippen molar-refractivity contribution in [3.63, 3.8) is 0 Å². The summed E-state index contributed by atoms with van der Waals surface area (Å²) in [6.07, 6.45) is 0. The molecule has 1 amide bonds. The fraction of sp³-hybridized carbons (Fsp3) is 0.385. The highest BCUT2D eigenvalue weighted by molar-refractivity contribution is 6.02. The average molecular weight is 465 g/mol. The van der Waals surface area contributed by atoms with Crippen LogP contribution < -0.4 is 10.4 Å². The molecule has 0 bridgehead atoms. The topological polar surface area (TPSA) is 111 Å². The van der Waals surface area contributed by atoms with Crippen LogP contribution in [-0.2, 0) is 11.3 Å². The van der Waals surface area contributed by atoms with E-state index in [0.717, 1.165) is 44.0 Å². The lowest BCUT2D eigenvalue weighted by molar-refractivity contribution is -0.269. The zero-order chi connectivity index (χ0) is 24.2. The molecule has 3 aromatic rings. The molecule has 2 aromatic carbocycles. The van der Waals surface area contributed by atoms with Gasteiger partial charge in [0.25, 0.3) is 5.91 Å². The van der Waals surface area contributed by atoms with Gasteiger partial charge in [0.15, 0.2) is 11.5 Å². The van der Waals surface area contributed by atoms with E-state index in [2.05, 4.69) is 15.4 Å². The number of hydrogen-bond donors (Lipinski definition) is 2. The molecule has 0 aliphatic carbocycles. The Kier molecular flexibility index (Phi) is 7.19. The first kappa shape index (κ1) is 23.8. The third-order valence-electron chi connectivity index (χ3n) is 5.99. The van der Waals surface area contributed by atoms with Crippen LogP contribution in [0.4, 0.5) is 0 Å². The van der Waals surface area contributed by atoms with Crippen molar-refractivity contribution < 1.29 is 24.3 Å². The van der Waals surface area contributed by atoms with E-state index in [1.165, 1.54) is 6.07 Å². The summed E-state index contributed by atoms with van der Waals surface area (Å²) in [6, 6.07) is 10.7. The number of nitrogens with one attached hydrogen (secondary N) is 1. The summed E-state index contributed by atoms with van der Waals surface area (Å²) in [5.41, 5.74) is 3.38. The third kappa shape index (κ3) is 4.93. The van der Waals surface area contributed by atoms with E-state index in [-0.39, 0.29) is 34.8 Å². The highest BCUT2D eigenvalue weighted by Crippen LogP contribution is 2.42. The van der Waals surface area contributed by atoms with Gasteiger partial charge in [-0.3, -0.25) is 9.69 Å². The molecule has 0 unspecified atom stereocenters. The molecular formula is C26H30N3O5-. The number of carbonyl (C=O) groups is 1. The van der Waals surface area contributed by atoms with E-state index in [1.807, 2.05) is 45.0 Å². The lowest BCUT2D eigenvalue weighted by Crippen LogP contribution is -2.35. The molecule has 0 atom stereocenters. The molecule has 4 rings (SSSR count). The predicted molar refractivity (Wildman–Crippen MR) is 127 cm³/mol. The maximum Gasteiger partial charge on any atom is 0.274 e. The second-order valence-corrected chi connectivity index (χ2v) is 8.74. The molecule has 0 radical (unpaired) electrons. The van der Waals surface area contributed by atoms with Crippen molar-refractivity contribution in [3.05, 3.63) is 53.2 Å². The molecule has 8 nitrogen and oxygen atoms in total. The summed E-state index contributed by atoms with van der Waals surface area (Å²) in [5, 5.41) is 29.7. The number of rotatable bonds is 7. The van der Waals surface area contributed by atoms with Gasteiger partial charge in [0.2, 0.25) is 0 Å². The number of phenolic OH excluding ortho intramolecular Hbond substituents is 1. The van der Waals surface area contributed by atoms with Crippen molar-refractivity contribution in [1.82, 2.24) is 15.4 Å². The van der Waals surface area contributed by atoms with Crippen LogP contribution in [0.3, 0.4) is 0 Å². The average Bonchev–Trinajstić information content (AvgIpc) is 3.25. The van der Waals surface area contributed by atoms with Crippen molar-refractivity contribution in [2.24, 2.45) is 0 Å². The van der Waals surface area contributed by atoms with Crippen molar-refractivity contribution >= 4 is 5.91 Å². The number of aromatic nitrogens is 1. The van der Waals surface area contributed by atoms with Crippen LogP contribution >= 0.6 is 0 Å². The van der Waals surface area contributed by atoms with Gasteiger partial charge >= 0.3 is 0 Å². The van der Waals surface area contributed by atoms with Crippen LogP contribution in [-0.4, -0.2) is 53.9 Å².